The topological polar surface area (TPSA) is 105 Å². The van der Waals surface area contributed by atoms with Gasteiger partial charge in [0.2, 0.25) is 5.91 Å². The highest BCUT2D eigenvalue weighted by Crippen LogP contribution is 2.22. The van der Waals surface area contributed by atoms with Crippen LogP contribution in [-0.4, -0.2) is 47.8 Å². The second-order valence-corrected chi connectivity index (χ2v) is 4.83. The number of nitrogens with one attached hydrogen (secondary N) is 1. The number of hydrogen-bond acceptors (Lipinski definition) is 6. The summed E-state index contributed by atoms with van der Waals surface area (Å²) in [4.78, 5) is 25.6. The summed E-state index contributed by atoms with van der Waals surface area (Å²) in [5, 5.41) is 10.9. The summed E-state index contributed by atoms with van der Waals surface area (Å²) >= 11 is 0. The van der Waals surface area contributed by atoms with E-state index in [4.69, 9.17) is 5.84 Å². The van der Waals surface area contributed by atoms with Crippen molar-refractivity contribution in [3.05, 3.63) is 33.9 Å². The van der Waals surface area contributed by atoms with E-state index in [0.717, 1.165) is 0 Å². The van der Waals surface area contributed by atoms with E-state index >= 15 is 0 Å². The second-order valence-electron chi connectivity index (χ2n) is 4.83. The lowest BCUT2D eigenvalue weighted by atomic mass is 10.1. The van der Waals surface area contributed by atoms with Gasteiger partial charge in [-0.05, 0) is 18.2 Å². The molecule has 1 amide bonds. The summed E-state index contributed by atoms with van der Waals surface area (Å²) in [6, 6.07) is 4.42. The minimum Gasteiger partial charge on any atom is -0.348 e. The molecule has 1 aromatic carbocycles. The molecule has 0 aliphatic heterocycles. The van der Waals surface area contributed by atoms with Gasteiger partial charge in [-0.25, -0.2) is 0 Å². The Morgan fingerprint density at radius 1 is 1.43 bits per heavy atom. The van der Waals surface area contributed by atoms with E-state index < -0.39 is 4.92 Å². The summed E-state index contributed by atoms with van der Waals surface area (Å²) < 4.78 is 0. The van der Waals surface area contributed by atoms with Crippen LogP contribution in [0.15, 0.2) is 18.2 Å². The Kier molecular flexibility index (Phi) is 6.07. The molecule has 116 valence electrons. The molecule has 1 rings (SSSR count). The standard InChI is InChI=1S/C13H21N5O3/c1-4-17(9-13(19)16(2)3)8-10-7-11(18(20)21)5-6-12(10)15-14/h5-7,15H,4,8-9,14H2,1-3H3. The molecule has 0 saturated heterocycles. The average molecular weight is 295 g/mol. The van der Waals surface area contributed by atoms with E-state index in [9.17, 15) is 14.9 Å². The lowest BCUT2D eigenvalue weighted by molar-refractivity contribution is -0.384. The fourth-order valence-corrected chi connectivity index (χ4v) is 1.82. The summed E-state index contributed by atoms with van der Waals surface area (Å²) in [5.74, 6) is 5.41. The van der Waals surface area contributed by atoms with E-state index in [1.54, 1.807) is 20.2 Å². The summed E-state index contributed by atoms with van der Waals surface area (Å²) in [6.07, 6.45) is 0. The van der Waals surface area contributed by atoms with Gasteiger partial charge in [0.15, 0.2) is 0 Å². The molecule has 0 heterocycles. The van der Waals surface area contributed by atoms with Crippen molar-refractivity contribution in [2.45, 2.75) is 13.5 Å². The van der Waals surface area contributed by atoms with Crippen LogP contribution in [0, 0.1) is 10.1 Å². The molecule has 0 spiro atoms. The van der Waals surface area contributed by atoms with Crippen molar-refractivity contribution < 1.29 is 9.72 Å². The first-order valence-corrected chi connectivity index (χ1v) is 6.55. The monoisotopic (exact) mass is 295 g/mol. The predicted octanol–water partition coefficient (Wildman–Crippen LogP) is 0.790. The van der Waals surface area contributed by atoms with Gasteiger partial charge in [-0.2, -0.15) is 0 Å². The highest BCUT2D eigenvalue weighted by atomic mass is 16.6. The number of benzene rings is 1. The number of nitrogen functional groups attached to an aromatic ring is 1. The number of likely N-dealkylation sites (N-methyl/N-ethyl adjacent to an activating group) is 2. The number of non-ortho nitro benzene ring substituents is 1. The third kappa shape index (κ3) is 4.69. The van der Waals surface area contributed by atoms with Gasteiger partial charge >= 0.3 is 0 Å². The maximum atomic E-state index is 11.8. The summed E-state index contributed by atoms with van der Waals surface area (Å²) in [6.45, 7) is 3.22. The number of hydrogen-bond donors (Lipinski definition) is 2. The fraction of sp³-hybridized carbons (Fsp3) is 0.462. The molecule has 0 unspecified atom stereocenters. The number of amides is 1. The number of anilines is 1. The minimum atomic E-state index is -0.453. The van der Waals surface area contributed by atoms with Crippen molar-refractivity contribution in [3.63, 3.8) is 0 Å². The number of carbonyl (C=O) groups is 1. The number of carbonyl (C=O) groups excluding carboxylic acids is 1. The van der Waals surface area contributed by atoms with E-state index in [1.165, 1.54) is 17.0 Å². The van der Waals surface area contributed by atoms with Crippen LogP contribution in [0.3, 0.4) is 0 Å². The van der Waals surface area contributed by atoms with Crippen molar-refractivity contribution in [1.29, 1.82) is 0 Å². The van der Waals surface area contributed by atoms with Crippen LogP contribution in [0.2, 0.25) is 0 Å². The predicted molar refractivity (Wildman–Crippen MR) is 80.6 cm³/mol. The summed E-state index contributed by atoms with van der Waals surface area (Å²) in [7, 11) is 3.38. The van der Waals surface area contributed by atoms with Crippen LogP contribution >= 0.6 is 0 Å². The van der Waals surface area contributed by atoms with Crippen molar-refractivity contribution >= 4 is 17.3 Å². The highest BCUT2D eigenvalue weighted by molar-refractivity contribution is 5.77. The largest absolute Gasteiger partial charge is 0.348 e. The first kappa shape index (κ1) is 16.9. The smallest absolute Gasteiger partial charge is 0.269 e. The molecule has 0 saturated carbocycles. The molecular formula is C13H21N5O3. The third-order valence-corrected chi connectivity index (χ3v) is 3.15. The molecule has 0 atom stereocenters. The molecule has 0 fully saturated rings. The highest BCUT2D eigenvalue weighted by Gasteiger charge is 2.15. The Morgan fingerprint density at radius 2 is 2.10 bits per heavy atom. The zero-order valence-corrected chi connectivity index (χ0v) is 12.5. The molecule has 3 N–H and O–H groups in total. The molecule has 0 aromatic heterocycles. The lowest BCUT2D eigenvalue weighted by Crippen LogP contribution is -2.36. The maximum Gasteiger partial charge on any atom is 0.269 e. The molecule has 0 bridgehead atoms. The van der Waals surface area contributed by atoms with Gasteiger partial charge in [-0.15, -0.1) is 0 Å². The molecule has 8 heteroatoms. The molecule has 0 aliphatic carbocycles. The van der Waals surface area contributed by atoms with Crippen LogP contribution in [0.1, 0.15) is 12.5 Å². The number of rotatable bonds is 7. The van der Waals surface area contributed by atoms with Gasteiger partial charge in [-0.3, -0.25) is 25.7 Å². The Balaban J connectivity index is 2.94. The average Bonchev–Trinajstić information content (AvgIpc) is 2.45. The minimum absolute atomic E-state index is 0.000936. The zero-order valence-electron chi connectivity index (χ0n) is 12.5. The Morgan fingerprint density at radius 3 is 2.57 bits per heavy atom. The molecule has 0 radical (unpaired) electrons. The van der Waals surface area contributed by atoms with Gasteiger partial charge in [0, 0.05) is 32.8 Å². The van der Waals surface area contributed by atoms with Gasteiger partial charge < -0.3 is 10.3 Å². The normalized spacial score (nSPS) is 10.5. The van der Waals surface area contributed by atoms with Crippen molar-refractivity contribution in [1.82, 2.24) is 9.80 Å². The first-order valence-electron chi connectivity index (χ1n) is 6.55. The third-order valence-electron chi connectivity index (χ3n) is 3.15. The van der Waals surface area contributed by atoms with Crippen LogP contribution in [0.25, 0.3) is 0 Å². The number of nitrogens with zero attached hydrogens (tertiary/aromatic N) is 3. The van der Waals surface area contributed by atoms with Gasteiger partial charge in [-0.1, -0.05) is 6.92 Å². The molecule has 8 nitrogen and oxygen atoms in total. The van der Waals surface area contributed by atoms with Crippen molar-refractivity contribution in [2.75, 3.05) is 32.6 Å². The number of nitro groups is 1. The van der Waals surface area contributed by atoms with Gasteiger partial charge in [0.05, 0.1) is 17.2 Å². The van der Waals surface area contributed by atoms with E-state index in [1.807, 2.05) is 11.8 Å². The van der Waals surface area contributed by atoms with E-state index in [2.05, 4.69) is 5.43 Å². The molecule has 21 heavy (non-hydrogen) atoms. The van der Waals surface area contributed by atoms with E-state index in [0.29, 0.717) is 24.3 Å². The van der Waals surface area contributed by atoms with Crippen molar-refractivity contribution in [3.8, 4) is 0 Å². The quantitative estimate of drug-likeness (QED) is 0.438. The van der Waals surface area contributed by atoms with Gasteiger partial charge in [0.1, 0.15) is 0 Å². The van der Waals surface area contributed by atoms with Crippen LogP contribution < -0.4 is 11.3 Å². The van der Waals surface area contributed by atoms with Crippen LogP contribution in [0.4, 0.5) is 11.4 Å². The van der Waals surface area contributed by atoms with Gasteiger partial charge in [0.25, 0.3) is 5.69 Å². The zero-order chi connectivity index (χ0) is 16.0. The molecule has 0 aliphatic rings. The maximum absolute atomic E-state index is 11.8. The SMILES string of the molecule is CCN(CC(=O)N(C)C)Cc1cc([N+](=O)[O-])ccc1NN. The Hall–Kier alpha value is -2.19. The van der Waals surface area contributed by atoms with Crippen LogP contribution in [-0.2, 0) is 11.3 Å². The molecular weight excluding hydrogens is 274 g/mol. The Labute approximate surface area is 123 Å². The van der Waals surface area contributed by atoms with E-state index in [-0.39, 0.29) is 18.1 Å². The van der Waals surface area contributed by atoms with Crippen molar-refractivity contribution in [2.24, 2.45) is 5.84 Å². The number of hydrazine groups is 1. The number of nitrogens with two attached hydrogens (primary N) is 1. The lowest BCUT2D eigenvalue weighted by Gasteiger charge is -2.23. The Bertz CT molecular complexity index is 519. The first-order chi connectivity index (χ1) is 9.88. The number of nitro benzene ring substituents is 1. The second kappa shape index (κ2) is 7.55. The molecule has 1 aromatic rings. The van der Waals surface area contributed by atoms with Crippen LogP contribution in [0.5, 0.6) is 0 Å². The fourth-order valence-electron chi connectivity index (χ4n) is 1.82. The summed E-state index contributed by atoms with van der Waals surface area (Å²) in [5.41, 5.74) is 3.81.